The molecule has 0 unspecified atom stereocenters. The number of anilines is 1. The zero-order chi connectivity index (χ0) is 27.2. The summed E-state index contributed by atoms with van der Waals surface area (Å²) in [7, 11) is -4.07. The van der Waals surface area contributed by atoms with Crippen LogP contribution in [-0.4, -0.2) is 43.3 Å². The van der Waals surface area contributed by atoms with E-state index in [1.165, 1.54) is 17.0 Å². The van der Waals surface area contributed by atoms with Crippen LogP contribution in [0.4, 0.5) is 5.69 Å². The Morgan fingerprint density at radius 1 is 0.865 bits per heavy atom. The second kappa shape index (κ2) is 11.6. The van der Waals surface area contributed by atoms with E-state index in [-0.39, 0.29) is 17.3 Å². The van der Waals surface area contributed by atoms with Gasteiger partial charge in [0.2, 0.25) is 11.8 Å². The summed E-state index contributed by atoms with van der Waals surface area (Å²) >= 11 is 0. The third-order valence-electron chi connectivity index (χ3n) is 5.86. The van der Waals surface area contributed by atoms with Gasteiger partial charge in [-0.1, -0.05) is 66.7 Å². The topological polar surface area (TPSA) is 86.8 Å². The Bertz CT molecular complexity index is 1320. The van der Waals surface area contributed by atoms with Crippen LogP contribution in [0.15, 0.2) is 89.8 Å². The summed E-state index contributed by atoms with van der Waals surface area (Å²) in [6, 6.07) is 23.6. The second-order valence-electron chi connectivity index (χ2n) is 10.0. The molecule has 0 saturated heterocycles. The first-order valence-corrected chi connectivity index (χ1v) is 13.6. The molecule has 0 aliphatic heterocycles. The normalized spacial score (nSPS) is 12.5. The van der Waals surface area contributed by atoms with Gasteiger partial charge in [0.15, 0.2) is 0 Å². The van der Waals surface area contributed by atoms with Gasteiger partial charge < -0.3 is 10.2 Å². The molecular weight excluding hydrogens is 486 g/mol. The van der Waals surface area contributed by atoms with E-state index in [9.17, 15) is 18.0 Å². The molecule has 0 radical (unpaired) electrons. The lowest BCUT2D eigenvalue weighted by atomic mass is 10.1. The number of benzene rings is 3. The molecule has 3 rings (SSSR count). The first kappa shape index (κ1) is 27.9. The number of para-hydroxylation sites is 1. The number of nitrogens with zero attached hydrogens (tertiary/aromatic N) is 2. The average Bonchev–Trinajstić information content (AvgIpc) is 2.86. The molecule has 0 aliphatic rings. The molecule has 0 bridgehead atoms. The molecule has 8 heteroatoms. The lowest BCUT2D eigenvalue weighted by molar-refractivity contribution is -0.140. The molecule has 7 nitrogen and oxygen atoms in total. The lowest BCUT2D eigenvalue weighted by Crippen LogP contribution is -2.54. The van der Waals surface area contributed by atoms with Crippen molar-refractivity contribution in [1.82, 2.24) is 10.2 Å². The number of hydrogen-bond acceptors (Lipinski definition) is 4. The maximum absolute atomic E-state index is 13.9. The van der Waals surface area contributed by atoms with Crippen LogP contribution in [0.5, 0.6) is 0 Å². The smallest absolute Gasteiger partial charge is 0.264 e. The van der Waals surface area contributed by atoms with Gasteiger partial charge in [-0.25, -0.2) is 8.42 Å². The maximum Gasteiger partial charge on any atom is 0.264 e. The second-order valence-corrected chi connectivity index (χ2v) is 11.9. The zero-order valence-corrected chi connectivity index (χ0v) is 22.8. The van der Waals surface area contributed by atoms with Gasteiger partial charge in [-0.2, -0.15) is 0 Å². The van der Waals surface area contributed by atoms with Crippen molar-refractivity contribution in [1.29, 1.82) is 0 Å². The SMILES string of the molecule is Cc1ccccc1N(CC(=O)N(Cc1ccccc1)[C@H](C)C(=O)NC(C)(C)C)S(=O)(=O)c1ccccc1. The highest BCUT2D eigenvalue weighted by Crippen LogP contribution is 2.27. The van der Waals surface area contributed by atoms with Crippen molar-refractivity contribution in [3.63, 3.8) is 0 Å². The lowest BCUT2D eigenvalue weighted by Gasteiger charge is -2.33. The Labute approximate surface area is 220 Å². The minimum atomic E-state index is -4.07. The van der Waals surface area contributed by atoms with Crippen molar-refractivity contribution < 1.29 is 18.0 Å². The third kappa shape index (κ3) is 7.20. The highest BCUT2D eigenvalue weighted by atomic mass is 32.2. The van der Waals surface area contributed by atoms with E-state index in [0.29, 0.717) is 11.3 Å². The molecule has 37 heavy (non-hydrogen) atoms. The quantitative estimate of drug-likeness (QED) is 0.449. The summed E-state index contributed by atoms with van der Waals surface area (Å²) < 4.78 is 28.7. The molecule has 0 aliphatic carbocycles. The van der Waals surface area contributed by atoms with E-state index in [4.69, 9.17) is 0 Å². The number of carbonyl (C=O) groups is 2. The van der Waals surface area contributed by atoms with E-state index in [1.54, 1.807) is 50.2 Å². The molecule has 196 valence electrons. The monoisotopic (exact) mass is 521 g/mol. The predicted octanol–water partition coefficient (Wildman–Crippen LogP) is 4.52. The Balaban J connectivity index is 2.02. The number of hydrogen-bond donors (Lipinski definition) is 1. The summed E-state index contributed by atoms with van der Waals surface area (Å²) in [6.45, 7) is 8.77. The van der Waals surface area contributed by atoms with Gasteiger partial charge in [-0.05, 0) is 63.9 Å². The molecule has 3 aromatic rings. The van der Waals surface area contributed by atoms with Crippen LogP contribution in [0.3, 0.4) is 0 Å². The Kier molecular flexibility index (Phi) is 8.76. The molecule has 2 amide bonds. The largest absolute Gasteiger partial charge is 0.350 e. The standard InChI is InChI=1S/C29H35N3O4S/c1-22-14-12-13-19-26(22)32(37(35,36)25-17-10-7-11-18-25)21-27(33)31(20-24-15-8-6-9-16-24)23(2)28(34)30-29(3,4)5/h6-19,23H,20-21H2,1-5H3,(H,30,34)/t23-/m1/s1. The molecule has 0 saturated carbocycles. The Morgan fingerprint density at radius 3 is 1.97 bits per heavy atom. The average molecular weight is 522 g/mol. The molecule has 1 N–H and O–H groups in total. The van der Waals surface area contributed by atoms with Crippen LogP contribution in [-0.2, 0) is 26.2 Å². The number of rotatable bonds is 9. The fourth-order valence-electron chi connectivity index (χ4n) is 3.91. The first-order chi connectivity index (χ1) is 17.4. The van der Waals surface area contributed by atoms with Crippen LogP contribution in [0.2, 0.25) is 0 Å². The molecule has 0 fully saturated rings. The van der Waals surface area contributed by atoms with E-state index < -0.39 is 34.1 Å². The van der Waals surface area contributed by atoms with Gasteiger partial charge >= 0.3 is 0 Å². The molecule has 0 spiro atoms. The van der Waals surface area contributed by atoms with Crippen LogP contribution >= 0.6 is 0 Å². The number of nitrogens with one attached hydrogen (secondary N) is 1. The van der Waals surface area contributed by atoms with Gasteiger partial charge in [0.1, 0.15) is 12.6 Å². The summed E-state index contributed by atoms with van der Waals surface area (Å²) in [5.74, 6) is -0.798. The third-order valence-corrected chi connectivity index (χ3v) is 7.63. The first-order valence-electron chi connectivity index (χ1n) is 12.2. The van der Waals surface area contributed by atoms with Gasteiger partial charge in [-0.15, -0.1) is 0 Å². The van der Waals surface area contributed by atoms with Gasteiger partial charge in [0.25, 0.3) is 10.0 Å². The van der Waals surface area contributed by atoms with Gasteiger partial charge in [-0.3, -0.25) is 13.9 Å². The Hall–Kier alpha value is -3.65. The summed E-state index contributed by atoms with van der Waals surface area (Å²) in [6.07, 6.45) is 0. The highest BCUT2D eigenvalue weighted by molar-refractivity contribution is 7.92. The van der Waals surface area contributed by atoms with Crippen molar-refractivity contribution in [3.8, 4) is 0 Å². The molecular formula is C29H35N3O4S. The molecule has 0 aromatic heterocycles. The van der Waals surface area contributed by atoms with Gasteiger partial charge in [0, 0.05) is 12.1 Å². The van der Waals surface area contributed by atoms with Crippen LogP contribution < -0.4 is 9.62 Å². The predicted molar refractivity (Wildman–Crippen MR) is 147 cm³/mol. The number of aryl methyl sites for hydroxylation is 1. The van der Waals surface area contributed by atoms with Crippen LogP contribution in [0.1, 0.15) is 38.8 Å². The van der Waals surface area contributed by atoms with Crippen molar-refractivity contribution in [2.75, 3.05) is 10.8 Å². The van der Waals surface area contributed by atoms with Crippen molar-refractivity contribution in [2.24, 2.45) is 0 Å². The van der Waals surface area contributed by atoms with Crippen molar-refractivity contribution in [3.05, 3.63) is 96.1 Å². The number of amides is 2. The van der Waals surface area contributed by atoms with Crippen LogP contribution in [0.25, 0.3) is 0 Å². The molecule has 0 heterocycles. The minimum Gasteiger partial charge on any atom is -0.350 e. The highest BCUT2D eigenvalue weighted by Gasteiger charge is 2.33. The summed E-state index contributed by atoms with van der Waals surface area (Å²) in [4.78, 5) is 28.5. The van der Waals surface area contributed by atoms with Crippen molar-refractivity contribution >= 4 is 27.5 Å². The zero-order valence-electron chi connectivity index (χ0n) is 22.0. The van der Waals surface area contributed by atoms with E-state index in [1.807, 2.05) is 57.2 Å². The fraction of sp³-hybridized carbons (Fsp3) is 0.310. The Morgan fingerprint density at radius 2 is 1.41 bits per heavy atom. The van der Waals surface area contributed by atoms with E-state index >= 15 is 0 Å². The summed E-state index contributed by atoms with van der Waals surface area (Å²) in [5.41, 5.74) is 1.46. The maximum atomic E-state index is 13.9. The molecule has 1 atom stereocenters. The van der Waals surface area contributed by atoms with Crippen LogP contribution in [0, 0.1) is 6.92 Å². The molecule has 3 aromatic carbocycles. The fourth-order valence-corrected chi connectivity index (χ4v) is 5.41. The minimum absolute atomic E-state index is 0.0826. The summed E-state index contributed by atoms with van der Waals surface area (Å²) in [5, 5.41) is 2.93. The van der Waals surface area contributed by atoms with E-state index in [2.05, 4.69) is 5.32 Å². The number of sulfonamides is 1. The van der Waals surface area contributed by atoms with Crippen molar-refractivity contribution in [2.45, 2.75) is 57.6 Å². The van der Waals surface area contributed by atoms with Gasteiger partial charge in [0.05, 0.1) is 10.6 Å². The number of carbonyl (C=O) groups excluding carboxylic acids is 2. The van der Waals surface area contributed by atoms with E-state index in [0.717, 1.165) is 9.87 Å².